The van der Waals surface area contributed by atoms with E-state index >= 15 is 0 Å². The number of primary amides is 1. The van der Waals surface area contributed by atoms with Crippen molar-refractivity contribution < 1.29 is 22.7 Å². The molecule has 2 rings (SSSR count). The first-order valence-corrected chi connectivity index (χ1v) is 6.05. The lowest BCUT2D eigenvalue weighted by molar-refractivity contribution is -0.139. The minimum absolute atomic E-state index is 0.000161. The first-order chi connectivity index (χ1) is 9.88. The summed E-state index contributed by atoms with van der Waals surface area (Å²) in [5.74, 6) is -1.26. The Kier molecular flexibility index (Phi) is 4.16. The number of carbonyl (C=O) groups excluding carboxylic acids is 1. The van der Waals surface area contributed by atoms with Gasteiger partial charge in [-0.1, -0.05) is 30.3 Å². The molecule has 0 spiro atoms. The molecule has 0 aliphatic carbocycles. The zero-order valence-corrected chi connectivity index (χ0v) is 10.9. The van der Waals surface area contributed by atoms with Crippen molar-refractivity contribution in [3.8, 4) is 5.75 Å². The molecule has 0 aliphatic heterocycles. The number of hydrogen-bond acceptors (Lipinski definition) is 2. The summed E-state index contributed by atoms with van der Waals surface area (Å²) in [6.45, 7) is -0.000161. The fourth-order valence-electron chi connectivity index (χ4n) is 1.77. The Morgan fingerprint density at radius 1 is 1.10 bits per heavy atom. The Hall–Kier alpha value is -2.50. The highest BCUT2D eigenvalue weighted by Gasteiger charge is 2.35. The number of carbonyl (C=O) groups is 1. The van der Waals surface area contributed by atoms with Crippen molar-refractivity contribution in [3.05, 3.63) is 65.2 Å². The van der Waals surface area contributed by atoms with Crippen LogP contribution < -0.4 is 10.5 Å². The van der Waals surface area contributed by atoms with E-state index in [1.54, 1.807) is 30.3 Å². The van der Waals surface area contributed by atoms with Gasteiger partial charge in [0.2, 0.25) is 5.91 Å². The minimum atomic E-state index is -4.63. The largest absolute Gasteiger partial charge is 0.488 e. The van der Waals surface area contributed by atoms with Crippen molar-refractivity contribution in [1.82, 2.24) is 0 Å². The van der Waals surface area contributed by atoms with Gasteiger partial charge >= 0.3 is 6.18 Å². The van der Waals surface area contributed by atoms with E-state index in [0.717, 1.165) is 11.6 Å². The number of nitrogens with two attached hydrogens (primary N) is 1. The SMILES string of the molecule is NC(=O)c1ccc(OCc2ccccc2)c(C(F)(F)F)c1. The van der Waals surface area contributed by atoms with Gasteiger partial charge in [-0.05, 0) is 23.8 Å². The molecule has 2 N–H and O–H groups in total. The maximum Gasteiger partial charge on any atom is 0.419 e. The lowest BCUT2D eigenvalue weighted by Crippen LogP contribution is -2.14. The molecule has 0 radical (unpaired) electrons. The van der Waals surface area contributed by atoms with Crippen LogP contribution in [0.2, 0.25) is 0 Å². The molecule has 0 heterocycles. The molecule has 0 unspecified atom stereocenters. The molecule has 0 aliphatic rings. The van der Waals surface area contributed by atoms with Gasteiger partial charge < -0.3 is 10.5 Å². The molecule has 2 aromatic rings. The number of hydrogen-bond donors (Lipinski definition) is 1. The standard InChI is InChI=1S/C15H12F3NO2/c16-15(17,18)12-8-11(14(19)20)6-7-13(12)21-9-10-4-2-1-3-5-10/h1-8H,9H2,(H2,19,20). The highest BCUT2D eigenvalue weighted by atomic mass is 19.4. The average molecular weight is 295 g/mol. The van der Waals surface area contributed by atoms with E-state index in [2.05, 4.69) is 0 Å². The Balaban J connectivity index is 2.28. The van der Waals surface area contributed by atoms with Crippen molar-refractivity contribution in [2.45, 2.75) is 12.8 Å². The van der Waals surface area contributed by atoms with Crippen molar-refractivity contribution in [2.75, 3.05) is 0 Å². The third-order valence-corrected chi connectivity index (χ3v) is 2.81. The highest BCUT2D eigenvalue weighted by Crippen LogP contribution is 2.37. The Labute approximate surface area is 119 Å². The number of ether oxygens (including phenoxy) is 1. The molecule has 21 heavy (non-hydrogen) atoms. The monoisotopic (exact) mass is 295 g/mol. The van der Waals surface area contributed by atoms with Crippen LogP contribution in [-0.2, 0) is 12.8 Å². The van der Waals surface area contributed by atoms with E-state index in [4.69, 9.17) is 10.5 Å². The molecule has 2 aromatic carbocycles. The zero-order valence-electron chi connectivity index (χ0n) is 10.9. The van der Waals surface area contributed by atoms with Gasteiger partial charge in [0.1, 0.15) is 12.4 Å². The van der Waals surface area contributed by atoms with Gasteiger partial charge in [-0.3, -0.25) is 4.79 Å². The van der Waals surface area contributed by atoms with Crippen LogP contribution in [0.25, 0.3) is 0 Å². The molecular weight excluding hydrogens is 283 g/mol. The van der Waals surface area contributed by atoms with Crippen LogP contribution in [0, 0.1) is 0 Å². The van der Waals surface area contributed by atoms with Gasteiger partial charge in [-0.2, -0.15) is 13.2 Å². The average Bonchev–Trinajstić information content (AvgIpc) is 2.45. The van der Waals surface area contributed by atoms with Crippen LogP contribution in [0.15, 0.2) is 48.5 Å². The van der Waals surface area contributed by atoms with Gasteiger partial charge in [-0.25, -0.2) is 0 Å². The predicted octanol–water partition coefficient (Wildman–Crippen LogP) is 3.38. The zero-order chi connectivity index (χ0) is 15.5. The molecular formula is C15H12F3NO2. The van der Waals surface area contributed by atoms with Crippen LogP contribution in [-0.4, -0.2) is 5.91 Å². The minimum Gasteiger partial charge on any atom is -0.488 e. The van der Waals surface area contributed by atoms with Gasteiger partial charge in [0.05, 0.1) is 5.56 Å². The fourth-order valence-corrected chi connectivity index (χ4v) is 1.77. The highest BCUT2D eigenvalue weighted by molar-refractivity contribution is 5.93. The van der Waals surface area contributed by atoms with Gasteiger partial charge in [0.25, 0.3) is 0 Å². The topological polar surface area (TPSA) is 52.3 Å². The Morgan fingerprint density at radius 3 is 2.33 bits per heavy atom. The second kappa shape index (κ2) is 5.87. The van der Waals surface area contributed by atoms with Crippen molar-refractivity contribution >= 4 is 5.91 Å². The van der Waals surface area contributed by atoms with Crippen LogP contribution in [0.1, 0.15) is 21.5 Å². The fraction of sp³-hybridized carbons (Fsp3) is 0.133. The van der Waals surface area contributed by atoms with Crippen LogP contribution in [0.3, 0.4) is 0 Å². The molecule has 0 saturated carbocycles. The van der Waals surface area contributed by atoms with Gasteiger partial charge in [0, 0.05) is 5.56 Å². The van der Waals surface area contributed by atoms with Gasteiger partial charge in [-0.15, -0.1) is 0 Å². The first-order valence-electron chi connectivity index (χ1n) is 6.05. The molecule has 0 aromatic heterocycles. The maximum absolute atomic E-state index is 13.0. The second-order valence-electron chi connectivity index (χ2n) is 4.35. The number of halogens is 3. The molecule has 0 bridgehead atoms. The van der Waals surface area contributed by atoms with Crippen LogP contribution >= 0.6 is 0 Å². The Bertz CT molecular complexity index is 639. The van der Waals surface area contributed by atoms with E-state index in [1.165, 1.54) is 6.07 Å². The number of benzene rings is 2. The summed E-state index contributed by atoms with van der Waals surface area (Å²) < 4.78 is 44.2. The summed E-state index contributed by atoms with van der Waals surface area (Å²) in [5.41, 5.74) is 4.50. The van der Waals surface area contributed by atoms with Crippen LogP contribution in [0.5, 0.6) is 5.75 Å². The molecule has 6 heteroatoms. The molecule has 0 atom stereocenters. The molecule has 3 nitrogen and oxygen atoms in total. The van der Waals surface area contributed by atoms with E-state index in [9.17, 15) is 18.0 Å². The number of amides is 1. The van der Waals surface area contributed by atoms with E-state index < -0.39 is 17.6 Å². The summed E-state index contributed by atoms with van der Waals surface area (Å²) in [6.07, 6.45) is -4.63. The van der Waals surface area contributed by atoms with Crippen molar-refractivity contribution in [2.24, 2.45) is 5.73 Å². The summed E-state index contributed by atoms with van der Waals surface area (Å²) in [6, 6.07) is 11.8. The van der Waals surface area contributed by atoms with E-state index in [1.807, 2.05) is 0 Å². The second-order valence-corrected chi connectivity index (χ2v) is 4.35. The normalized spacial score (nSPS) is 11.2. The summed E-state index contributed by atoms with van der Waals surface area (Å²) in [4.78, 5) is 11.0. The van der Waals surface area contributed by atoms with Crippen molar-refractivity contribution in [1.29, 1.82) is 0 Å². The smallest absolute Gasteiger partial charge is 0.419 e. The number of alkyl halides is 3. The summed E-state index contributed by atoms with van der Waals surface area (Å²) in [5, 5.41) is 0. The molecule has 0 saturated heterocycles. The third-order valence-electron chi connectivity index (χ3n) is 2.81. The molecule has 0 fully saturated rings. The molecule has 1 amide bonds. The first kappa shape index (κ1) is 14.9. The molecule has 110 valence electrons. The Morgan fingerprint density at radius 2 is 1.76 bits per heavy atom. The summed E-state index contributed by atoms with van der Waals surface area (Å²) in [7, 11) is 0. The predicted molar refractivity (Wildman–Crippen MR) is 70.7 cm³/mol. The summed E-state index contributed by atoms with van der Waals surface area (Å²) >= 11 is 0. The van der Waals surface area contributed by atoms with E-state index in [-0.39, 0.29) is 17.9 Å². The quantitative estimate of drug-likeness (QED) is 0.940. The van der Waals surface area contributed by atoms with E-state index in [0.29, 0.717) is 6.07 Å². The third kappa shape index (κ3) is 3.75. The maximum atomic E-state index is 13.0. The lowest BCUT2D eigenvalue weighted by atomic mass is 10.1. The number of rotatable bonds is 4. The lowest BCUT2D eigenvalue weighted by Gasteiger charge is -2.14. The van der Waals surface area contributed by atoms with Gasteiger partial charge in [0.15, 0.2) is 0 Å². The van der Waals surface area contributed by atoms with Crippen molar-refractivity contribution in [3.63, 3.8) is 0 Å². The van der Waals surface area contributed by atoms with Crippen LogP contribution in [0.4, 0.5) is 13.2 Å².